The van der Waals surface area contributed by atoms with Crippen LogP contribution in [0.15, 0.2) is 48.7 Å². The molecule has 1 atom stereocenters. The van der Waals surface area contributed by atoms with Gasteiger partial charge in [-0.1, -0.05) is 18.2 Å². The summed E-state index contributed by atoms with van der Waals surface area (Å²) < 4.78 is 5.86. The van der Waals surface area contributed by atoms with Gasteiger partial charge >= 0.3 is 0 Å². The highest BCUT2D eigenvalue weighted by Gasteiger charge is 2.42. The summed E-state index contributed by atoms with van der Waals surface area (Å²) in [5.41, 5.74) is 0.957. The number of aromatic nitrogens is 1. The van der Waals surface area contributed by atoms with Crippen molar-refractivity contribution in [2.45, 2.75) is 19.3 Å². The Balaban J connectivity index is 1.30. The zero-order valence-electron chi connectivity index (χ0n) is 15.2. The number of likely N-dealkylation sites (tertiary alicyclic amines) is 2. The zero-order chi connectivity index (χ0) is 17.8. The molecule has 1 aromatic heterocycles. The van der Waals surface area contributed by atoms with Crippen LogP contribution in [0, 0.1) is 5.41 Å². The minimum atomic E-state index is 0.136. The van der Waals surface area contributed by atoms with E-state index >= 15 is 0 Å². The van der Waals surface area contributed by atoms with Gasteiger partial charge in [-0.3, -0.25) is 9.69 Å². The minimum absolute atomic E-state index is 0.136. The summed E-state index contributed by atoms with van der Waals surface area (Å²) >= 11 is 0. The van der Waals surface area contributed by atoms with Crippen molar-refractivity contribution in [3.8, 4) is 5.75 Å². The average Bonchev–Trinajstić information content (AvgIpc) is 3.33. The van der Waals surface area contributed by atoms with Gasteiger partial charge in [0.05, 0.1) is 0 Å². The van der Waals surface area contributed by atoms with Crippen molar-refractivity contribution in [1.82, 2.24) is 14.8 Å². The van der Waals surface area contributed by atoms with Gasteiger partial charge in [0, 0.05) is 37.8 Å². The minimum Gasteiger partial charge on any atom is -0.492 e. The van der Waals surface area contributed by atoms with E-state index in [9.17, 15) is 4.79 Å². The number of benzene rings is 1. The van der Waals surface area contributed by atoms with E-state index in [2.05, 4.69) is 9.88 Å². The quantitative estimate of drug-likeness (QED) is 0.899. The molecule has 2 saturated heterocycles. The van der Waals surface area contributed by atoms with Crippen LogP contribution in [0.25, 0.3) is 0 Å². The van der Waals surface area contributed by atoms with Crippen molar-refractivity contribution in [3.63, 3.8) is 0 Å². The molecule has 1 amide bonds. The van der Waals surface area contributed by atoms with Crippen LogP contribution in [0.2, 0.25) is 0 Å². The van der Waals surface area contributed by atoms with E-state index in [1.165, 1.54) is 12.8 Å². The van der Waals surface area contributed by atoms with Gasteiger partial charge in [0.25, 0.3) is 5.91 Å². The molecule has 3 heterocycles. The Morgan fingerprint density at radius 1 is 1.08 bits per heavy atom. The molecule has 0 radical (unpaired) electrons. The highest BCUT2D eigenvalue weighted by molar-refractivity contribution is 5.92. The van der Waals surface area contributed by atoms with Crippen LogP contribution in [-0.4, -0.2) is 60.0 Å². The van der Waals surface area contributed by atoms with Gasteiger partial charge in [0.2, 0.25) is 0 Å². The van der Waals surface area contributed by atoms with Crippen molar-refractivity contribution >= 4 is 5.91 Å². The highest BCUT2D eigenvalue weighted by Crippen LogP contribution is 2.39. The Hall–Kier alpha value is -2.27. The van der Waals surface area contributed by atoms with Gasteiger partial charge < -0.3 is 14.6 Å². The van der Waals surface area contributed by atoms with E-state index in [1.807, 2.05) is 53.6 Å². The number of ether oxygens (including phenoxy) is 1. The van der Waals surface area contributed by atoms with E-state index in [4.69, 9.17) is 4.74 Å². The molecule has 1 N–H and O–H groups in total. The Morgan fingerprint density at radius 3 is 2.77 bits per heavy atom. The molecule has 4 rings (SSSR count). The molecule has 2 aromatic rings. The lowest BCUT2D eigenvalue weighted by Gasteiger charge is -2.40. The molecule has 0 bridgehead atoms. The molecule has 138 valence electrons. The molecule has 26 heavy (non-hydrogen) atoms. The number of amides is 1. The molecule has 2 aliphatic rings. The fourth-order valence-electron chi connectivity index (χ4n) is 4.39. The lowest BCUT2D eigenvalue weighted by atomic mass is 9.79. The third-order valence-corrected chi connectivity index (χ3v) is 5.71. The van der Waals surface area contributed by atoms with Crippen LogP contribution in [0.5, 0.6) is 5.75 Å². The number of carbonyl (C=O) groups excluding carboxylic acids is 1. The maximum absolute atomic E-state index is 12.6. The number of piperidine rings is 1. The van der Waals surface area contributed by atoms with Gasteiger partial charge in [-0.15, -0.1) is 0 Å². The summed E-state index contributed by atoms with van der Waals surface area (Å²) in [5, 5.41) is 0. The van der Waals surface area contributed by atoms with Crippen LogP contribution in [-0.2, 0) is 0 Å². The lowest BCUT2D eigenvalue weighted by Crippen LogP contribution is -2.46. The first kappa shape index (κ1) is 17.2. The van der Waals surface area contributed by atoms with Crippen molar-refractivity contribution in [1.29, 1.82) is 0 Å². The Bertz CT molecular complexity index is 716. The second-order valence-corrected chi connectivity index (χ2v) is 7.60. The van der Waals surface area contributed by atoms with E-state index < -0.39 is 0 Å². The summed E-state index contributed by atoms with van der Waals surface area (Å²) in [5.74, 6) is 1.07. The first-order chi connectivity index (χ1) is 12.7. The molecule has 1 aromatic carbocycles. The topological polar surface area (TPSA) is 48.6 Å². The van der Waals surface area contributed by atoms with E-state index in [0.717, 1.165) is 44.9 Å². The maximum atomic E-state index is 12.6. The third-order valence-electron chi connectivity index (χ3n) is 5.71. The Kier molecular flexibility index (Phi) is 4.98. The summed E-state index contributed by atoms with van der Waals surface area (Å²) in [6.07, 6.45) is 5.34. The fraction of sp³-hybridized carbons (Fsp3) is 0.476. The first-order valence-corrected chi connectivity index (χ1v) is 9.57. The largest absolute Gasteiger partial charge is 0.492 e. The third kappa shape index (κ3) is 3.78. The van der Waals surface area contributed by atoms with Crippen LogP contribution in [0.1, 0.15) is 29.8 Å². The van der Waals surface area contributed by atoms with Gasteiger partial charge in [0.15, 0.2) is 0 Å². The number of hydrogen-bond acceptors (Lipinski definition) is 3. The van der Waals surface area contributed by atoms with Crippen molar-refractivity contribution in [3.05, 3.63) is 54.4 Å². The second-order valence-electron chi connectivity index (χ2n) is 7.60. The molecule has 2 aliphatic heterocycles. The number of nitrogens with one attached hydrogen (secondary N) is 1. The highest BCUT2D eigenvalue weighted by atomic mass is 16.5. The molecule has 1 unspecified atom stereocenters. The molecular weight excluding hydrogens is 326 g/mol. The van der Waals surface area contributed by atoms with E-state index in [-0.39, 0.29) is 11.3 Å². The van der Waals surface area contributed by atoms with Crippen LogP contribution >= 0.6 is 0 Å². The monoisotopic (exact) mass is 353 g/mol. The summed E-state index contributed by atoms with van der Waals surface area (Å²) in [7, 11) is 0. The molecule has 0 saturated carbocycles. The number of H-pyrrole nitrogens is 1. The van der Waals surface area contributed by atoms with E-state index in [1.54, 1.807) is 0 Å². The molecule has 1 spiro atoms. The summed E-state index contributed by atoms with van der Waals surface area (Å²) in [6.45, 7) is 5.60. The zero-order valence-corrected chi connectivity index (χ0v) is 15.2. The Labute approximate surface area is 154 Å². The number of carbonyl (C=O) groups is 1. The van der Waals surface area contributed by atoms with Crippen molar-refractivity contribution in [2.24, 2.45) is 5.41 Å². The summed E-state index contributed by atoms with van der Waals surface area (Å²) in [4.78, 5) is 20.2. The lowest BCUT2D eigenvalue weighted by molar-refractivity contribution is 0.0655. The number of hydrogen-bond donors (Lipinski definition) is 1. The molecule has 2 fully saturated rings. The van der Waals surface area contributed by atoms with E-state index in [0.29, 0.717) is 12.3 Å². The second kappa shape index (κ2) is 7.54. The van der Waals surface area contributed by atoms with Gasteiger partial charge in [-0.2, -0.15) is 0 Å². The number of nitrogens with zero attached hydrogens (tertiary/aromatic N) is 2. The first-order valence-electron chi connectivity index (χ1n) is 9.57. The average molecular weight is 353 g/mol. The van der Waals surface area contributed by atoms with Crippen molar-refractivity contribution in [2.75, 3.05) is 39.3 Å². The standard InChI is InChI=1S/C21H27N3O2/c25-20(19-8-4-11-22-19)24-13-10-21(17-24)9-5-12-23(16-21)14-15-26-18-6-2-1-3-7-18/h1-4,6-8,11,22H,5,9-10,12-17H2. The molecular formula is C21H27N3O2. The predicted molar refractivity (Wildman–Crippen MR) is 101 cm³/mol. The molecule has 5 nitrogen and oxygen atoms in total. The smallest absolute Gasteiger partial charge is 0.270 e. The van der Waals surface area contributed by atoms with Crippen LogP contribution < -0.4 is 4.74 Å². The molecule has 0 aliphatic carbocycles. The van der Waals surface area contributed by atoms with Crippen LogP contribution in [0.4, 0.5) is 0 Å². The SMILES string of the molecule is O=C(c1ccc[nH]1)N1CCC2(CCCN(CCOc3ccccc3)C2)C1. The number of rotatable bonds is 5. The maximum Gasteiger partial charge on any atom is 0.270 e. The predicted octanol–water partition coefficient (Wildman–Crippen LogP) is 3.02. The van der Waals surface area contributed by atoms with Gasteiger partial charge in [-0.05, 0) is 50.1 Å². The molecule has 5 heteroatoms. The van der Waals surface area contributed by atoms with Crippen LogP contribution in [0.3, 0.4) is 0 Å². The van der Waals surface area contributed by atoms with Gasteiger partial charge in [0.1, 0.15) is 18.1 Å². The normalized spacial score (nSPS) is 23.5. The number of aromatic amines is 1. The number of para-hydroxylation sites is 1. The van der Waals surface area contributed by atoms with Crippen molar-refractivity contribution < 1.29 is 9.53 Å². The fourth-order valence-corrected chi connectivity index (χ4v) is 4.39. The van der Waals surface area contributed by atoms with Gasteiger partial charge in [-0.25, -0.2) is 0 Å². The Morgan fingerprint density at radius 2 is 1.96 bits per heavy atom. The summed E-state index contributed by atoms with van der Waals surface area (Å²) in [6, 6.07) is 13.7.